The van der Waals surface area contributed by atoms with E-state index in [2.05, 4.69) is 20.7 Å². The maximum Gasteiger partial charge on any atom is 0.435 e. The van der Waals surface area contributed by atoms with Gasteiger partial charge in [-0.3, -0.25) is 14.4 Å². The molecule has 198 valence electrons. The fourth-order valence-corrected chi connectivity index (χ4v) is 4.01. The minimum atomic E-state index is -4.87. The summed E-state index contributed by atoms with van der Waals surface area (Å²) in [7, 11) is -2.94. The summed E-state index contributed by atoms with van der Waals surface area (Å²) in [5.41, 5.74) is -1.65. The fourth-order valence-electron chi connectivity index (χ4n) is 3.13. The molecule has 15 heteroatoms. The number of pyridine rings is 1. The lowest BCUT2D eigenvalue weighted by molar-refractivity contribution is -0.141. The molecule has 2 amide bonds. The van der Waals surface area contributed by atoms with Crippen LogP contribution in [0.5, 0.6) is 0 Å². The van der Waals surface area contributed by atoms with Crippen molar-refractivity contribution in [3.63, 3.8) is 0 Å². The third-order valence-corrected chi connectivity index (χ3v) is 7.49. The first kappa shape index (κ1) is 28.4. The lowest BCUT2D eigenvalue weighted by atomic mass is 10.1. The molecule has 37 heavy (non-hydrogen) atoms. The van der Waals surface area contributed by atoms with Crippen molar-refractivity contribution in [2.45, 2.75) is 25.3 Å². The zero-order valence-electron chi connectivity index (χ0n) is 19.6. The number of alkyl halides is 3. The van der Waals surface area contributed by atoms with Gasteiger partial charge in [-0.25, -0.2) is 13.9 Å². The van der Waals surface area contributed by atoms with Gasteiger partial charge < -0.3 is 10.6 Å². The number of carbonyl (C=O) groups is 2. The SMILES string of the molecule is Cc1cc(Cl)cc(C(=O)NCC(C)S(C)(=N)=O)c1NC(=O)c1cc(C(F)(F)F)nn1-c1ncccc1Cl. The van der Waals surface area contributed by atoms with E-state index in [4.69, 9.17) is 28.0 Å². The van der Waals surface area contributed by atoms with Gasteiger partial charge in [-0.15, -0.1) is 0 Å². The third kappa shape index (κ3) is 6.59. The standard InChI is InChI=1S/C22H21Cl2F3N6O3S/c1-11-7-13(23)8-14(20(34)30-10-12(2)37(3,28)36)18(11)31-21(35)16-9-17(22(25,26)27)32-33(16)19-15(24)5-4-6-29-19/h4-9,12,28H,10H2,1-3H3,(H,30,34)(H,31,35). The topological polar surface area (TPSA) is 130 Å². The van der Waals surface area contributed by atoms with Crippen LogP contribution in [0, 0.1) is 11.7 Å². The minimum absolute atomic E-state index is 0.0175. The number of nitrogens with zero attached hydrogens (tertiary/aromatic N) is 3. The second kappa shape index (κ2) is 10.7. The predicted octanol–water partition coefficient (Wildman–Crippen LogP) is 4.95. The van der Waals surface area contributed by atoms with Crippen molar-refractivity contribution in [1.29, 1.82) is 4.78 Å². The summed E-state index contributed by atoms with van der Waals surface area (Å²) in [6.07, 6.45) is -2.35. The van der Waals surface area contributed by atoms with Gasteiger partial charge in [-0.2, -0.15) is 18.3 Å². The van der Waals surface area contributed by atoms with Crippen LogP contribution in [0.4, 0.5) is 18.9 Å². The Kier molecular flexibility index (Phi) is 8.20. The highest BCUT2D eigenvalue weighted by molar-refractivity contribution is 7.92. The Bertz CT molecular complexity index is 1470. The Morgan fingerprint density at radius 2 is 1.89 bits per heavy atom. The van der Waals surface area contributed by atoms with E-state index in [-0.39, 0.29) is 33.7 Å². The van der Waals surface area contributed by atoms with E-state index in [1.807, 2.05) is 0 Å². The molecule has 1 aromatic carbocycles. The summed E-state index contributed by atoms with van der Waals surface area (Å²) in [6.45, 7) is 2.97. The first-order valence-corrected chi connectivity index (χ1v) is 13.3. The van der Waals surface area contributed by atoms with Crippen LogP contribution in [0.15, 0.2) is 36.5 Å². The summed E-state index contributed by atoms with van der Waals surface area (Å²) >= 11 is 12.2. The highest BCUT2D eigenvalue weighted by Crippen LogP contribution is 2.31. The average Bonchev–Trinajstić information content (AvgIpc) is 3.24. The Morgan fingerprint density at radius 3 is 2.49 bits per heavy atom. The number of aryl methyl sites for hydroxylation is 1. The number of benzene rings is 1. The first-order chi connectivity index (χ1) is 17.1. The number of nitrogens with one attached hydrogen (secondary N) is 3. The number of anilines is 1. The molecule has 0 radical (unpaired) electrons. The number of carbonyl (C=O) groups excluding carboxylic acids is 2. The van der Waals surface area contributed by atoms with E-state index in [0.717, 1.165) is 0 Å². The quantitative estimate of drug-likeness (QED) is 0.366. The van der Waals surface area contributed by atoms with E-state index < -0.39 is 44.4 Å². The maximum absolute atomic E-state index is 13.4. The molecular weight excluding hydrogens is 556 g/mol. The highest BCUT2D eigenvalue weighted by Gasteiger charge is 2.37. The number of aromatic nitrogens is 3. The highest BCUT2D eigenvalue weighted by atomic mass is 35.5. The van der Waals surface area contributed by atoms with Crippen LogP contribution in [0.3, 0.4) is 0 Å². The zero-order chi connectivity index (χ0) is 27.7. The van der Waals surface area contributed by atoms with Crippen LogP contribution in [0.1, 0.15) is 39.0 Å². The summed E-state index contributed by atoms with van der Waals surface area (Å²) in [6, 6.07) is 6.09. The summed E-state index contributed by atoms with van der Waals surface area (Å²) in [5.74, 6) is -1.93. The summed E-state index contributed by atoms with van der Waals surface area (Å²) < 4.78 is 60.5. The monoisotopic (exact) mass is 576 g/mol. The largest absolute Gasteiger partial charge is 0.435 e. The Balaban J connectivity index is 2.02. The second-order valence-electron chi connectivity index (χ2n) is 8.16. The second-order valence-corrected chi connectivity index (χ2v) is 11.6. The number of hydrogen-bond donors (Lipinski definition) is 3. The van der Waals surface area contributed by atoms with Gasteiger partial charge in [-0.05, 0) is 43.7 Å². The van der Waals surface area contributed by atoms with Crippen LogP contribution in [-0.2, 0) is 15.9 Å². The lowest BCUT2D eigenvalue weighted by Crippen LogP contribution is -2.34. The van der Waals surface area contributed by atoms with Crippen LogP contribution in [-0.4, -0.2) is 48.8 Å². The smallest absolute Gasteiger partial charge is 0.351 e. The van der Waals surface area contributed by atoms with Crippen molar-refractivity contribution in [3.05, 3.63) is 69.1 Å². The van der Waals surface area contributed by atoms with Crippen molar-refractivity contribution < 1.29 is 27.0 Å². The molecule has 3 N–H and O–H groups in total. The van der Waals surface area contributed by atoms with E-state index in [1.165, 1.54) is 50.6 Å². The molecule has 2 atom stereocenters. The Morgan fingerprint density at radius 1 is 1.22 bits per heavy atom. The molecule has 2 heterocycles. The van der Waals surface area contributed by atoms with E-state index in [9.17, 15) is 27.0 Å². The summed E-state index contributed by atoms with van der Waals surface area (Å²) in [4.78, 5) is 30.1. The van der Waals surface area contributed by atoms with E-state index in [1.54, 1.807) is 0 Å². The molecule has 3 rings (SSSR count). The normalized spacial score (nSPS) is 14.1. The molecule has 0 spiro atoms. The summed E-state index contributed by atoms with van der Waals surface area (Å²) in [5, 5.41) is 7.93. The van der Waals surface area contributed by atoms with Crippen LogP contribution in [0.25, 0.3) is 5.82 Å². The zero-order valence-corrected chi connectivity index (χ0v) is 21.9. The van der Waals surface area contributed by atoms with Crippen molar-refractivity contribution in [3.8, 4) is 5.82 Å². The molecule has 2 aromatic heterocycles. The molecule has 0 aliphatic rings. The fraction of sp³-hybridized carbons (Fsp3) is 0.273. The molecule has 0 saturated carbocycles. The minimum Gasteiger partial charge on any atom is -0.351 e. The van der Waals surface area contributed by atoms with Gasteiger partial charge in [0.15, 0.2) is 11.5 Å². The third-order valence-electron chi connectivity index (χ3n) is 5.27. The van der Waals surface area contributed by atoms with Crippen LogP contribution >= 0.6 is 23.2 Å². The number of amides is 2. The van der Waals surface area contributed by atoms with Crippen LogP contribution in [0.2, 0.25) is 10.0 Å². The molecule has 0 aliphatic heterocycles. The molecule has 2 unspecified atom stereocenters. The first-order valence-electron chi connectivity index (χ1n) is 10.5. The van der Waals surface area contributed by atoms with Gasteiger partial charge in [-0.1, -0.05) is 23.2 Å². The van der Waals surface area contributed by atoms with Crippen LogP contribution < -0.4 is 10.6 Å². The maximum atomic E-state index is 13.4. The van der Waals surface area contributed by atoms with Gasteiger partial charge in [0.1, 0.15) is 5.69 Å². The Labute approximate surface area is 220 Å². The van der Waals surface area contributed by atoms with E-state index in [0.29, 0.717) is 16.3 Å². The molecule has 0 fully saturated rings. The van der Waals surface area contributed by atoms with Crippen molar-refractivity contribution in [1.82, 2.24) is 20.1 Å². The molecule has 0 bridgehead atoms. The molecule has 0 aliphatic carbocycles. The molecule has 0 saturated heterocycles. The number of hydrogen-bond acceptors (Lipinski definition) is 6. The van der Waals surface area contributed by atoms with Gasteiger partial charge >= 0.3 is 6.18 Å². The number of rotatable bonds is 7. The van der Waals surface area contributed by atoms with Gasteiger partial charge in [0.25, 0.3) is 11.8 Å². The molecule has 9 nitrogen and oxygen atoms in total. The van der Waals surface area contributed by atoms with Gasteiger partial charge in [0.2, 0.25) is 0 Å². The predicted molar refractivity (Wildman–Crippen MR) is 134 cm³/mol. The van der Waals surface area contributed by atoms with E-state index >= 15 is 0 Å². The number of halogens is 5. The average molecular weight is 577 g/mol. The van der Waals surface area contributed by atoms with Crippen molar-refractivity contribution in [2.24, 2.45) is 0 Å². The molecule has 3 aromatic rings. The lowest BCUT2D eigenvalue weighted by Gasteiger charge is -2.17. The molecular formula is C22H21Cl2F3N6O3S. The van der Waals surface area contributed by atoms with Crippen molar-refractivity contribution >= 4 is 50.4 Å². The van der Waals surface area contributed by atoms with Gasteiger partial charge in [0, 0.05) is 39.8 Å². The van der Waals surface area contributed by atoms with Crippen molar-refractivity contribution in [2.75, 3.05) is 18.1 Å². The van der Waals surface area contributed by atoms with Gasteiger partial charge in [0.05, 0.1) is 21.5 Å². The Hall–Kier alpha value is -3.16.